The van der Waals surface area contributed by atoms with Crippen molar-refractivity contribution in [1.82, 2.24) is 5.01 Å². The fraction of sp³-hybridized carbons (Fsp3) is 0.178. The minimum absolute atomic E-state index is 0.00742. The number of benzene rings is 5. The van der Waals surface area contributed by atoms with Crippen LogP contribution in [0.4, 0.5) is 15.8 Å². The van der Waals surface area contributed by atoms with Gasteiger partial charge < -0.3 is 5.11 Å². The van der Waals surface area contributed by atoms with Gasteiger partial charge in [-0.1, -0.05) is 77.8 Å². The molecule has 56 heavy (non-hydrogen) atoms. The molecule has 6 atom stereocenters. The van der Waals surface area contributed by atoms with E-state index >= 15 is 4.79 Å². The number of aromatic hydroxyl groups is 1. The highest BCUT2D eigenvalue weighted by Gasteiger charge is 2.70. The number of hydrazine groups is 1. The Labute approximate surface area is 326 Å². The van der Waals surface area contributed by atoms with E-state index in [1.54, 1.807) is 84.9 Å². The number of ketones is 1. The molecule has 2 N–H and O–H groups in total. The van der Waals surface area contributed by atoms with Crippen LogP contribution >= 0.6 is 11.6 Å². The van der Waals surface area contributed by atoms with Crippen molar-refractivity contribution in [3.8, 4) is 5.75 Å². The number of rotatable bonds is 7. The van der Waals surface area contributed by atoms with Crippen LogP contribution in [0.1, 0.15) is 45.8 Å². The van der Waals surface area contributed by atoms with Gasteiger partial charge in [0.2, 0.25) is 11.8 Å². The highest BCUT2D eigenvalue weighted by molar-refractivity contribution is 6.30. The first-order valence-corrected chi connectivity index (χ1v) is 18.7. The van der Waals surface area contributed by atoms with E-state index in [0.717, 1.165) is 10.6 Å². The molecule has 2 saturated heterocycles. The molecule has 0 spiro atoms. The van der Waals surface area contributed by atoms with E-state index in [-0.39, 0.29) is 30.3 Å². The lowest BCUT2D eigenvalue weighted by molar-refractivity contribution is -0.138. The molecule has 3 fully saturated rings. The van der Waals surface area contributed by atoms with Crippen molar-refractivity contribution in [3.05, 3.63) is 172 Å². The third kappa shape index (κ3) is 5.38. The van der Waals surface area contributed by atoms with Gasteiger partial charge in [0.05, 0.1) is 34.5 Å². The number of hydrogen-bond donors (Lipinski definition) is 2. The van der Waals surface area contributed by atoms with Crippen molar-refractivity contribution >= 4 is 52.4 Å². The minimum Gasteiger partial charge on any atom is -0.508 e. The number of phenols is 1. The molecule has 2 aliphatic carbocycles. The second kappa shape index (κ2) is 13.4. The summed E-state index contributed by atoms with van der Waals surface area (Å²) in [6.45, 7) is 0. The average Bonchev–Trinajstić information content (AvgIpc) is 3.60. The summed E-state index contributed by atoms with van der Waals surface area (Å²) >= 11 is 6.36. The van der Waals surface area contributed by atoms with Crippen molar-refractivity contribution in [3.63, 3.8) is 0 Å². The van der Waals surface area contributed by atoms with Crippen molar-refractivity contribution in [1.29, 1.82) is 0 Å². The number of carbonyl (C=O) groups is 5. The van der Waals surface area contributed by atoms with Crippen LogP contribution < -0.4 is 10.3 Å². The van der Waals surface area contributed by atoms with Gasteiger partial charge in [0, 0.05) is 22.1 Å². The SMILES string of the molecule is O=C(c1ccccc1)c1ccc(N2C(=O)C3CC=C4C(CC5C(=O)N(Nc6ccc(F)cc6)C(=O)C5(c5ccc(Cl)cc5)C4c4ccc(O)cc4)C3C2=O)cc1. The first kappa shape index (κ1) is 35.3. The van der Waals surface area contributed by atoms with Crippen LogP contribution in [0.15, 0.2) is 139 Å². The number of phenolic OH excluding ortho intramolecular Hbond substituents is 1. The summed E-state index contributed by atoms with van der Waals surface area (Å²) in [7, 11) is 0. The molecule has 4 amide bonds. The lowest BCUT2D eigenvalue weighted by atomic mass is 9.49. The minimum atomic E-state index is -1.53. The normalized spacial score (nSPS) is 25.4. The maximum Gasteiger partial charge on any atom is 0.260 e. The Morgan fingerprint density at radius 3 is 2.09 bits per heavy atom. The van der Waals surface area contributed by atoms with E-state index in [4.69, 9.17) is 11.6 Å². The highest BCUT2D eigenvalue weighted by Crippen LogP contribution is 2.64. The molecule has 9 nitrogen and oxygen atoms in total. The number of nitrogens with zero attached hydrogens (tertiary/aromatic N) is 2. The van der Waals surface area contributed by atoms with Crippen LogP contribution in [-0.4, -0.2) is 39.5 Å². The average molecular weight is 766 g/mol. The summed E-state index contributed by atoms with van der Waals surface area (Å²) in [6.07, 6.45) is 2.24. The molecule has 6 unspecified atom stereocenters. The Morgan fingerprint density at radius 2 is 1.41 bits per heavy atom. The largest absolute Gasteiger partial charge is 0.508 e. The Morgan fingerprint density at radius 1 is 0.750 bits per heavy atom. The zero-order valence-corrected chi connectivity index (χ0v) is 30.4. The van der Waals surface area contributed by atoms with Gasteiger partial charge in [0.1, 0.15) is 11.6 Å². The fourth-order valence-electron chi connectivity index (χ4n) is 9.47. The Bertz CT molecular complexity index is 2460. The first-order valence-electron chi connectivity index (χ1n) is 18.3. The molecule has 278 valence electrons. The number of imide groups is 2. The molecule has 1 saturated carbocycles. The van der Waals surface area contributed by atoms with Crippen LogP contribution in [0.5, 0.6) is 5.75 Å². The number of hydrogen-bond acceptors (Lipinski definition) is 7. The van der Waals surface area contributed by atoms with Gasteiger partial charge in [-0.15, -0.1) is 0 Å². The molecule has 0 aromatic heterocycles. The summed E-state index contributed by atoms with van der Waals surface area (Å²) < 4.78 is 13.9. The number of nitrogens with one attached hydrogen (secondary N) is 1. The smallest absolute Gasteiger partial charge is 0.260 e. The van der Waals surface area contributed by atoms with Crippen molar-refractivity contribution < 1.29 is 33.5 Å². The Hall–Kier alpha value is -6.39. The van der Waals surface area contributed by atoms with Gasteiger partial charge in [0.15, 0.2) is 5.78 Å². The predicted octanol–water partition coefficient (Wildman–Crippen LogP) is 7.61. The maximum absolute atomic E-state index is 15.2. The number of amides is 4. The fourth-order valence-corrected chi connectivity index (χ4v) is 9.60. The van der Waals surface area contributed by atoms with Gasteiger partial charge in [-0.2, -0.15) is 5.01 Å². The summed E-state index contributed by atoms with van der Waals surface area (Å²) in [6, 6.07) is 33.8. The van der Waals surface area contributed by atoms with Crippen LogP contribution in [0.2, 0.25) is 5.02 Å². The van der Waals surface area contributed by atoms with Crippen molar-refractivity contribution in [2.45, 2.75) is 24.2 Å². The Balaban J connectivity index is 1.14. The molecular formula is C45H33ClFN3O6. The van der Waals surface area contributed by atoms with Gasteiger partial charge in [0.25, 0.3) is 11.8 Å². The van der Waals surface area contributed by atoms with E-state index < -0.39 is 58.5 Å². The molecule has 11 heteroatoms. The lowest BCUT2D eigenvalue weighted by Crippen LogP contribution is -2.53. The molecule has 5 aromatic carbocycles. The van der Waals surface area contributed by atoms with Gasteiger partial charge in [-0.3, -0.25) is 34.3 Å². The number of carbonyl (C=O) groups excluding carboxylic acids is 5. The topological polar surface area (TPSA) is 124 Å². The first-order chi connectivity index (χ1) is 27.1. The van der Waals surface area contributed by atoms with Crippen molar-refractivity contribution in [2.24, 2.45) is 23.7 Å². The summed E-state index contributed by atoms with van der Waals surface area (Å²) in [5.74, 6) is -6.51. The predicted molar refractivity (Wildman–Crippen MR) is 206 cm³/mol. The molecule has 9 rings (SSSR count). The lowest BCUT2D eigenvalue weighted by Gasteiger charge is -2.50. The third-order valence-corrected chi connectivity index (χ3v) is 12.2. The molecular weight excluding hydrogens is 733 g/mol. The maximum atomic E-state index is 15.2. The van der Waals surface area contributed by atoms with Crippen molar-refractivity contribution in [2.75, 3.05) is 10.3 Å². The molecule has 2 heterocycles. The molecule has 5 aromatic rings. The number of allylic oxidation sites excluding steroid dienone is 2. The van der Waals surface area contributed by atoms with E-state index in [2.05, 4.69) is 5.43 Å². The number of fused-ring (bicyclic) bond motifs is 4. The van der Waals surface area contributed by atoms with Crippen LogP contribution in [0, 0.1) is 29.5 Å². The molecule has 2 aliphatic heterocycles. The second-order valence-corrected chi connectivity index (χ2v) is 15.2. The monoisotopic (exact) mass is 765 g/mol. The summed E-state index contributed by atoms with van der Waals surface area (Å²) in [5.41, 5.74) is 4.90. The van der Waals surface area contributed by atoms with E-state index in [1.165, 1.54) is 41.3 Å². The quantitative estimate of drug-likeness (QED) is 0.0994. The van der Waals surface area contributed by atoms with Gasteiger partial charge >= 0.3 is 0 Å². The van der Waals surface area contributed by atoms with E-state index in [1.807, 2.05) is 12.1 Å². The van der Waals surface area contributed by atoms with Gasteiger partial charge in [-0.05, 0) is 103 Å². The third-order valence-electron chi connectivity index (χ3n) is 11.9. The van der Waals surface area contributed by atoms with Crippen LogP contribution in [0.25, 0.3) is 0 Å². The molecule has 0 radical (unpaired) electrons. The zero-order chi connectivity index (χ0) is 38.9. The summed E-state index contributed by atoms with van der Waals surface area (Å²) in [5, 5.41) is 11.8. The number of halogens is 2. The molecule has 4 aliphatic rings. The Kier molecular flexibility index (Phi) is 8.46. The zero-order valence-electron chi connectivity index (χ0n) is 29.6. The number of anilines is 2. The molecule has 0 bridgehead atoms. The van der Waals surface area contributed by atoms with Crippen LogP contribution in [-0.2, 0) is 24.6 Å². The summed E-state index contributed by atoms with van der Waals surface area (Å²) in [4.78, 5) is 73.1. The standard InChI is InChI=1S/C45H33ClFN3O6/c46-29-12-10-28(11-13-29)45-37(42(54)50(44(45)56)48-31-16-14-30(47)15-17-31)24-36-34(39(45)25-8-20-33(51)21-9-25)22-23-35-38(36)43(55)49(41(35)53)32-18-6-27(7-19-32)40(52)26-4-2-1-3-5-26/h1-22,35-39,48,51H,23-24H2. The highest BCUT2D eigenvalue weighted by atomic mass is 35.5. The van der Waals surface area contributed by atoms with Crippen LogP contribution in [0.3, 0.4) is 0 Å². The second-order valence-electron chi connectivity index (χ2n) is 14.7. The van der Waals surface area contributed by atoms with E-state index in [0.29, 0.717) is 38.7 Å². The van der Waals surface area contributed by atoms with Gasteiger partial charge in [-0.25, -0.2) is 4.39 Å². The van der Waals surface area contributed by atoms with E-state index in [9.17, 15) is 28.7 Å².